The topological polar surface area (TPSA) is 92.3 Å². The van der Waals surface area contributed by atoms with Crippen molar-refractivity contribution in [3.63, 3.8) is 0 Å². The highest BCUT2D eigenvalue weighted by Crippen LogP contribution is 2.41. The van der Waals surface area contributed by atoms with Gasteiger partial charge in [0, 0.05) is 12.6 Å². The van der Waals surface area contributed by atoms with Crippen LogP contribution >= 0.6 is 11.3 Å². The van der Waals surface area contributed by atoms with E-state index < -0.39 is 10.0 Å². The number of rotatable bonds is 6. The molecule has 0 aromatic carbocycles. The lowest BCUT2D eigenvalue weighted by Crippen LogP contribution is -2.35. The summed E-state index contributed by atoms with van der Waals surface area (Å²) in [6.07, 6.45) is 2.28. The van der Waals surface area contributed by atoms with Gasteiger partial charge >= 0.3 is 0 Å². The van der Waals surface area contributed by atoms with E-state index in [1.807, 2.05) is 24.8 Å². The Morgan fingerprint density at radius 2 is 2.04 bits per heavy atom. The van der Waals surface area contributed by atoms with Crippen molar-refractivity contribution in [3.8, 4) is 10.6 Å². The zero-order chi connectivity index (χ0) is 20.2. The maximum Gasteiger partial charge on any atom is 0.258 e. The summed E-state index contributed by atoms with van der Waals surface area (Å²) in [5.74, 6) is 0.450. The molecule has 3 heterocycles. The molecule has 9 heteroatoms. The average molecular weight is 421 g/mol. The van der Waals surface area contributed by atoms with Crippen LogP contribution in [0.2, 0.25) is 0 Å². The Balaban J connectivity index is 1.82. The summed E-state index contributed by atoms with van der Waals surface area (Å²) in [5, 5.41) is 0.922. The minimum atomic E-state index is -3.56. The SMILES string of the molecule is CCS(=O)(=O)Nc1nc(-c2sc(C)nc2C)cc2c1C(=O)N([C@@H](C)C1CC1)C2. The van der Waals surface area contributed by atoms with Crippen LogP contribution < -0.4 is 4.72 Å². The molecule has 28 heavy (non-hydrogen) atoms. The lowest BCUT2D eigenvalue weighted by atomic mass is 10.1. The van der Waals surface area contributed by atoms with Crippen LogP contribution in [0.4, 0.5) is 5.82 Å². The van der Waals surface area contributed by atoms with E-state index >= 15 is 0 Å². The second kappa shape index (κ2) is 6.81. The van der Waals surface area contributed by atoms with E-state index in [4.69, 9.17) is 0 Å². The fraction of sp³-hybridized carbons (Fsp3) is 0.526. The molecule has 0 saturated heterocycles. The van der Waals surface area contributed by atoms with Gasteiger partial charge in [0.2, 0.25) is 10.0 Å². The van der Waals surface area contributed by atoms with Crippen molar-refractivity contribution in [3.05, 3.63) is 27.9 Å². The van der Waals surface area contributed by atoms with E-state index in [9.17, 15) is 13.2 Å². The van der Waals surface area contributed by atoms with Gasteiger partial charge in [-0.2, -0.15) is 0 Å². The number of nitrogens with zero attached hydrogens (tertiary/aromatic N) is 3. The maximum absolute atomic E-state index is 13.1. The lowest BCUT2D eigenvalue weighted by molar-refractivity contribution is 0.0698. The summed E-state index contributed by atoms with van der Waals surface area (Å²) in [4.78, 5) is 24.9. The van der Waals surface area contributed by atoms with Crippen LogP contribution in [0.1, 0.15) is 53.3 Å². The predicted octanol–water partition coefficient (Wildman–Crippen LogP) is 3.34. The van der Waals surface area contributed by atoms with Gasteiger partial charge in [-0.3, -0.25) is 9.52 Å². The molecule has 1 saturated carbocycles. The molecule has 1 fully saturated rings. The van der Waals surface area contributed by atoms with Crippen molar-refractivity contribution in [2.45, 2.75) is 53.1 Å². The number of fused-ring (bicyclic) bond motifs is 1. The molecule has 1 N–H and O–H groups in total. The summed E-state index contributed by atoms with van der Waals surface area (Å²) >= 11 is 1.52. The zero-order valence-corrected chi connectivity index (χ0v) is 18.1. The molecule has 1 amide bonds. The number of hydrogen-bond acceptors (Lipinski definition) is 6. The molecule has 2 aromatic rings. The van der Waals surface area contributed by atoms with Gasteiger partial charge in [-0.25, -0.2) is 18.4 Å². The first-order valence-corrected chi connectivity index (χ1v) is 12.0. The fourth-order valence-corrected chi connectivity index (χ4v) is 5.17. The second-order valence-electron chi connectivity index (χ2n) is 7.55. The Kier molecular flexibility index (Phi) is 4.70. The van der Waals surface area contributed by atoms with E-state index in [2.05, 4.69) is 21.6 Å². The summed E-state index contributed by atoms with van der Waals surface area (Å²) < 4.78 is 27.0. The number of carbonyl (C=O) groups excluding carboxylic acids is 1. The minimum absolute atomic E-state index is 0.0806. The van der Waals surface area contributed by atoms with Crippen molar-refractivity contribution in [2.75, 3.05) is 10.5 Å². The van der Waals surface area contributed by atoms with E-state index in [0.717, 1.165) is 34.0 Å². The number of aromatic nitrogens is 2. The number of sulfonamides is 1. The van der Waals surface area contributed by atoms with Gasteiger partial charge in [-0.15, -0.1) is 11.3 Å². The van der Waals surface area contributed by atoms with Crippen molar-refractivity contribution >= 4 is 33.1 Å². The third-order valence-electron chi connectivity index (χ3n) is 5.48. The number of thiazole rings is 1. The molecule has 7 nitrogen and oxygen atoms in total. The van der Waals surface area contributed by atoms with Crippen molar-refractivity contribution in [1.82, 2.24) is 14.9 Å². The van der Waals surface area contributed by atoms with Crippen LogP contribution in [0.15, 0.2) is 6.07 Å². The van der Waals surface area contributed by atoms with Gasteiger partial charge in [-0.05, 0) is 58.1 Å². The molecule has 1 aliphatic carbocycles. The maximum atomic E-state index is 13.1. The Morgan fingerprint density at radius 3 is 2.61 bits per heavy atom. The summed E-state index contributed by atoms with van der Waals surface area (Å²) in [7, 11) is -3.56. The monoisotopic (exact) mass is 420 g/mol. The first-order valence-electron chi connectivity index (χ1n) is 9.50. The normalized spacial score (nSPS) is 17.7. The highest BCUT2D eigenvalue weighted by molar-refractivity contribution is 7.92. The van der Waals surface area contributed by atoms with Crippen LogP contribution in [0.25, 0.3) is 10.6 Å². The van der Waals surface area contributed by atoms with E-state index in [0.29, 0.717) is 23.7 Å². The molecule has 1 atom stereocenters. The molecule has 0 spiro atoms. The minimum Gasteiger partial charge on any atom is -0.331 e. The number of pyridine rings is 1. The smallest absolute Gasteiger partial charge is 0.258 e. The highest BCUT2D eigenvalue weighted by Gasteiger charge is 2.40. The number of carbonyl (C=O) groups is 1. The van der Waals surface area contributed by atoms with Crippen molar-refractivity contribution in [2.24, 2.45) is 5.92 Å². The van der Waals surface area contributed by atoms with Gasteiger partial charge in [0.1, 0.15) is 0 Å². The van der Waals surface area contributed by atoms with Gasteiger partial charge in [0.05, 0.1) is 32.6 Å². The molecule has 0 unspecified atom stereocenters. The molecule has 4 rings (SSSR count). The largest absolute Gasteiger partial charge is 0.331 e. The molecule has 2 aliphatic rings. The van der Waals surface area contributed by atoms with E-state index in [-0.39, 0.29) is 23.5 Å². The zero-order valence-electron chi connectivity index (χ0n) is 16.4. The third-order valence-corrected chi connectivity index (χ3v) is 7.84. The molecule has 2 aromatic heterocycles. The molecular weight excluding hydrogens is 396 g/mol. The van der Waals surface area contributed by atoms with Gasteiger partial charge in [0.25, 0.3) is 5.91 Å². The van der Waals surface area contributed by atoms with Gasteiger partial charge in [0.15, 0.2) is 5.82 Å². The van der Waals surface area contributed by atoms with Crippen LogP contribution in [0.3, 0.4) is 0 Å². The van der Waals surface area contributed by atoms with E-state index in [1.165, 1.54) is 11.3 Å². The third kappa shape index (κ3) is 3.41. The average Bonchev–Trinajstić information content (AvgIpc) is 3.35. The standard InChI is InChI=1S/C19H24N4O3S2/c1-5-28(25,26)22-18-16-14(9-23(19(16)24)11(3)13-6-7-13)8-15(21-18)17-10(2)20-12(4)27-17/h8,11,13H,5-7,9H2,1-4H3,(H,21,22)/t11-/m0/s1. The Labute approximate surface area is 169 Å². The molecule has 150 valence electrons. The fourth-order valence-electron chi connectivity index (χ4n) is 3.70. The van der Waals surface area contributed by atoms with Crippen molar-refractivity contribution < 1.29 is 13.2 Å². The summed E-state index contributed by atoms with van der Waals surface area (Å²) in [6, 6.07) is 2.06. The number of anilines is 1. The Morgan fingerprint density at radius 1 is 1.32 bits per heavy atom. The lowest BCUT2D eigenvalue weighted by Gasteiger charge is -2.24. The molecular formula is C19H24N4O3S2. The number of amides is 1. The predicted molar refractivity (Wildman–Crippen MR) is 110 cm³/mol. The second-order valence-corrected chi connectivity index (χ2v) is 10.8. The summed E-state index contributed by atoms with van der Waals surface area (Å²) in [5.41, 5.74) is 2.71. The molecule has 0 radical (unpaired) electrons. The van der Waals surface area contributed by atoms with Crippen LogP contribution in [0.5, 0.6) is 0 Å². The Bertz CT molecular complexity index is 1060. The quantitative estimate of drug-likeness (QED) is 0.774. The van der Waals surface area contributed by atoms with Crippen LogP contribution in [-0.2, 0) is 16.6 Å². The highest BCUT2D eigenvalue weighted by atomic mass is 32.2. The molecule has 0 bridgehead atoms. The van der Waals surface area contributed by atoms with Crippen LogP contribution in [-0.4, -0.2) is 41.0 Å². The van der Waals surface area contributed by atoms with Gasteiger partial charge in [-0.1, -0.05) is 0 Å². The number of aryl methyl sites for hydroxylation is 2. The number of nitrogens with one attached hydrogen (secondary N) is 1. The Hall–Kier alpha value is -2.00. The van der Waals surface area contributed by atoms with Crippen molar-refractivity contribution in [1.29, 1.82) is 0 Å². The van der Waals surface area contributed by atoms with Crippen LogP contribution in [0, 0.1) is 19.8 Å². The first kappa shape index (κ1) is 19.3. The summed E-state index contributed by atoms with van der Waals surface area (Å²) in [6.45, 7) is 7.96. The molecule has 1 aliphatic heterocycles. The number of hydrogen-bond donors (Lipinski definition) is 1. The van der Waals surface area contributed by atoms with Gasteiger partial charge < -0.3 is 4.90 Å². The van der Waals surface area contributed by atoms with E-state index in [1.54, 1.807) is 6.92 Å². The first-order chi connectivity index (χ1) is 13.2.